The summed E-state index contributed by atoms with van der Waals surface area (Å²) in [4.78, 5) is 12.7. The van der Waals surface area contributed by atoms with Gasteiger partial charge < -0.3 is 15.3 Å². The molecule has 5 atom stereocenters. The van der Waals surface area contributed by atoms with Gasteiger partial charge in [0.15, 0.2) is 0 Å². The third-order valence-electron chi connectivity index (χ3n) is 5.42. The minimum Gasteiger partial charge on any atom is -0.393 e. The van der Waals surface area contributed by atoms with Gasteiger partial charge in [-0.1, -0.05) is 6.92 Å². The van der Waals surface area contributed by atoms with Crippen LogP contribution in [0.2, 0.25) is 0 Å². The van der Waals surface area contributed by atoms with Crippen LogP contribution >= 0.6 is 0 Å². The highest BCUT2D eigenvalue weighted by atomic mass is 16.3. The first kappa shape index (κ1) is 14.9. The van der Waals surface area contributed by atoms with Crippen LogP contribution in [0.1, 0.15) is 53.4 Å². The smallest absolute Gasteiger partial charge is 0.145 e. The fourth-order valence-electron chi connectivity index (χ4n) is 4.25. The maximum atomic E-state index is 12.7. The molecule has 0 aromatic rings. The average molecular weight is 270 g/mol. The van der Waals surface area contributed by atoms with Crippen molar-refractivity contribution in [3.8, 4) is 0 Å². The fourth-order valence-corrected chi connectivity index (χ4v) is 4.25. The Morgan fingerprint density at radius 2 is 1.79 bits per heavy atom. The van der Waals surface area contributed by atoms with E-state index in [2.05, 4.69) is 0 Å². The summed E-state index contributed by atoms with van der Waals surface area (Å²) >= 11 is 0. The lowest BCUT2D eigenvalue weighted by Gasteiger charge is -2.56. The Kier molecular flexibility index (Phi) is 3.36. The SMILES string of the molecule is CC(C)(O)[C@@H]1CC[C@]2(C)C(C1=O)[C@@](C)(O)CC[C@@H]2O. The molecule has 0 heterocycles. The summed E-state index contributed by atoms with van der Waals surface area (Å²) in [6.07, 6.45) is 1.64. The van der Waals surface area contributed by atoms with Gasteiger partial charge in [-0.05, 0) is 46.5 Å². The molecule has 110 valence electrons. The van der Waals surface area contributed by atoms with Crippen molar-refractivity contribution in [1.82, 2.24) is 0 Å². The third kappa shape index (κ3) is 2.24. The molecule has 2 aliphatic rings. The van der Waals surface area contributed by atoms with Crippen molar-refractivity contribution < 1.29 is 20.1 Å². The zero-order chi connectivity index (χ0) is 14.6. The molecule has 0 bridgehead atoms. The Hall–Kier alpha value is -0.450. The Labute approximate surface area is 114 Å². The van der Waals surface area contributed by atoms with E-state index in [9.17, 15) is 20.1 Å². The van der Waals surface area contributed by atoms with Crippen molar-refractivity contribution in [2.45, 2.75) is 70.7 Å². The molecular weight excluding hydrogens is 244 g/mol. The third-order valence-corrected chi connectivity index (χ3v) is 5.42. The van der Waals surface area contributed by atoms with Crippen LogP contribution in [-0.2, 0) is 4.79 Å². The van der Waals surface area contributed by atoms with Crippen LogP contribution in [0.15, 0.2) is 0 Å². The van der Waals surface area contributed by atoms with Crippen molar-refractivity contribution in [2.24, 2.45) is 17.3 Å². The highest BCUT2D eigenvalue weighted by Gasteiger charge is 2.60. The largest absolute Gasteiger partial charge is 0.393 e. The lowest BCUT2D eigenvalue weighted by molar-refractivity contribution is -0.190. The van der Waals surface area contributed by atoms with Crippen molar-refractivity contribution in [1.29, 1.82) is 0 Å². The van der Waals surface area contributed by atoms with Gasteiger partial charge in [-0.25, -0.2) is 0 Å². The van der Waals surface area contributed by atoms with Gasteiger partial charge in [0.1, 0.15) is 5.78 Å². The number of hydrogen-bond donors (Lipinski definition) is 3. The number of Topliss-reactive ketones (excluding diaryl/α,β-unsaturated/α-hetero) is 1. The quantitative estimate of drug-likeness (QED) is 0.670. The second kappa shape index (κ2) is 4.27. The highest BCUT2D eigenvalue weighted by Crippen LogP contribution is 2.55. The van der Waals surface area contributed by atoms with Crippen LogP contribution in [0.3, 0.4) is 0 Å². The van der Waals surface area contributed by atoms with E-state index in [-0.39, 0.29) is 5.78 Å². The summed E-state index contributed by atoms with van der Waals surface area (Å²) in [6, 6.07) is 0. The van der Waals surface area contributed by atoms with Crippen LogP contribution in [-0.4, -0.2) is 38.4 Å². The van der Waals surface area contributed by atoms with E-state index >= 15 is 0 Å². The summed E-state index contributed by atoms with van der Waals surface area (Å²) in [5, 5.41) is 31.0. The number of hydrogen-bond acceptors (Lipinski definition) is 4. The van der Waals surface area contributed by atoms with E-state index in [1.54, 1.807) is 20.8 Å². The maximum Gasteiger partial charge on any atom is 0.145 e. The van der Waals surface area contributed by atoms with Gasteiger partial charge in [0, 0.05) is 11.3 Å². The van der Waals surface area contributed by atoms with E-state index in [0.717, 1.165) is 0 Å². The van der Waals surface area contributed by atoms with E-state index < -0.39 is 34.6 Å². The monoisotopic (exact) mass is 270 g/mol. The van der Waals surface area contributed by atoms with Crippen molar-refractivity contribution >= 4 is 5.78 Å². The molecule has 3 N–H and O–H groups in total. The van der Waals surface area contributed by atoms with Crippen LogP contribution in [0, 0.1) is 17.3 Å². The van der Waals surface area contributed by atoms with Crippen molar-refractivity contribution in [3.63, 3.8) is 0 Å². The number of ketones is 1. The van der Waals surface area contributed by atoms with Crippen LogP contribution in [0.25, 0.3) is 0 Å². The zero-order valence-electron chi connectivity index (χ0n) is 12.3. The summed E-state index contributed by atoms with van der Waals surface area (Å²) in [7, 11) is 0. The molecule has 2 saturated carbocycles. The molecule has 0 spiro atoms. The Bertz CT molecular complexity index is 382. The number of fused-ring (bicyclic) bond motifs is 1. The van der Waals surface area contributed by atoms with Gasteiger partial charge in [-0.3, -0.25) is 4.79 Å². The zero-order valence-corrected chi connectivity index (χ0v) is 12.3. The van der Waals surface area contributed by atoms with Crippen LogP contribution in [0.4, 0.5) is 0 Å². The summed E-state index contributed by atoms with van der Waals surface area (Å²) in [5.41, 5.74) is -2.73. The minimum absolute atomic E-state index is 0.0926. The van der Waals surface area contributed by atoms with Crippen molar-refractivity contribution in [2.75, 3.05) is 0 Å². The van der Waals surface area contributed by atoms with Gasteiger partial charge in [0.2, 0.25) is 0 Å². The lowest BCUT2D eigenvalue weighted by atomic mass is 9.50. The normalized spacial score (nSPS) is 47.9. The molecule has 19 heavy (non-hydrogen) atoms. The number of aliphatic hydroxyl groups excluding tert-OH is 1. The van der Waals surface area contributed by atoms with E-state index in [1.807, 2.05) is 6.92 Å². The molecule has 0 aliphatic heterocycles. The molecular formula is C15H26O4. The molecule has 4 nitrogen and oxygen atoms in total. The molecule has 0 saturated heterocycles. The molecule has 0 amide bonds. The molecule has 2 rings (SSSR count). The first-order chi connectivity index (χ1) is 8.50. The fraction of sp³-hybridized carbons (Fsp3) is 0.933. The topological polar surface area (TPSA) is 77.8 Å². The molecule has 1 unspecified atom stereocenters. The Morgan fingerprint density at radius 1 is 1.21 bits per heavy atom. The van der Waals surface area contributed by atoms with E-state index in [4.69, 9.17) is 0 Å². The number of aliphatic hydroxyl groups is 3. The van der Waals surface area contributed by atoms with Crippen molar-refractivity contribution in [3.05, 3.63) is 0 Å². The summed E-state index contributed by atoms with van der Waals surface area (Å²) < 4.78 is 0. The first-order valence-electron chi connectivity index (χ1n) is 7.17. The average Bonchev–Trinajstić information content (AvgIpc) is 2.22. The standard InChI is InChI=1S/C15H26O4/c1-13(2,18)9-5-7-14(3)10(16)6-8-15(4,19)12(14)11(9)17/h9-10,12,16,18-19H,5-8H2,1-4H3/t9-,10+,12?,14+,15+/m1/s1. The maximum absolute atomic E-state index is 12.7. The van der Waals surface area contributed by atoms with Crippen LogP contribution < -0.4 is 0 Å². The second-order valence-electron chi connectivity index (χ2n) is 7.50. The first-order valence-corrected chi connectivity index (χ1v) is 7.17. The van der Waals surface area contributed by atoms with Gasteiger partial charge in [0.05, 0.1) is 23.2 Å². The van der Waals surface area contributed by atoms with Gasteiger partial charge >= 0.3 is 0 Å². The highest BCUT2D eigenvalue weighted by molar-refractivity contribution is 5.87. The molecule has 2 fully saturated rings. The number of rotatable bonds is 1. The molecule has 0 aromatic heterocycles. The van der Waals surface area contributed by atoms with E-state index in [0.29, 0.717) is 25.7 Å². The van der Waals surface area contributed by atoms with Gasteiger partial charge in [-0.2, -0.15) is 0 Å². The molecule has 4 heteroatoms. The molecule has 2 aliphatic carbocycles. The number of carbonyl (C=O) groups is 1. The summed E-state index contributed by atoms with van der Waals surface area (Å²) in [5.74, 6) is -1.14. The van der Waals surface area contributed by atoms with Gasteiger partial charge in [0.25, 0.3) is 0 Å². The Balaban J connectivity index is 2.40. The van der Waals surface area contributed by atoms with Gasteiger partial charge in [-0.15, -0.1) is 0 Å². The predicted octanol–water partition coefficient (Wildman–Crippen LogP) is 1.26. The molecule has 0 aromatic carbocycles. The summed E-state index contributed by atoms with van der Waals surface area (Å²) in [6.45, 7) is 6.87. The predicted molar refractivity (Wildman–Crippen MR) is 71.5 cm³/mol. The Morgan fingerprint density at radius 3 is 2.32 bits per heavy atom. The van der Waals surface area contributed by atoms with E-state index in [1.165, 1.54) is 0 Å². The number of carbonyl (C=O) groups excluding carboxylic acids is 1. The van der Waals surface area contributed by atoms with Crippen LogP contribution in [0.5, 0.6) is 0 Å². The second-order valence-corrected chi connectivity index (χ2v) is 7.50. The minimum atomic E-state index is -1.09. The molecule has 0 radical (unpaired) electrons. The lowest BCUT2D eigenvalue weighted by Crippen LogP contribution is -2.63.